The molecule has 1 heterocycles. The Labute approximate surface area is 153 Å². The van der Waals surface area contributed by atoms with E-state index >= 15 is 0 Å². The molecule has 3 aromatic rings. The van der Waals surface area contributed by atoms with Crippen molar-refractivity contribution in [3.8, 4) is 0 Å². The van der Waals surface area contributed by atoms with Gasteiger partial charge >= 0.3 is 0 Å². The predicted molar refractivity (Wildman–Crippen MR) is 101 cm³/mol. The number of hydrogen-bond acceptors (Lipinski definition) is 3. The van der Waals surface area contributed by atoms with Crippen LogP contribution in [0.25, 0.3) is 10.9 Å². The van der Waals surface area contributed by atoms with Crippen molar-refractivity contribution in [1.29, 1.82) is 0 Å². The molecular formula is C19H18BrN3O2. The summed E-state index contributed by atoms with van der Waals surface area (Å²) >= 11 is 3.42. The number of nitrogens with one attached hydrogen (secondary N) is 1. The van der Waals surface area contributed by atoms with Crippen molar-refractivity contribution >= 4 is 32.7 Å². The van der Waals surface area contributed by atoms with E-state index in [9.17, 15) is 9.59 Å². The highest BCUT2D eigenvalue weighted by Gasteiger charge is 2.12. The molecule has 0 saturated heterocycles. The van der Waals surface area contributed by atoms with Crippen molar-refractivity contribution in [3.05, 3.63) is 74.7 Å². The molecule has 0 saturated carbocycles. The van der Waals surface area contributed by atoms with Gasteiger partial charge in [-0.05, 0) is 43.2 Å². The molecule has 1 N–H and O–H groups in total. The number of carbonyl (C=O) groups excluding carboxylic acids is 1. The molecule has 0 spiro atoms. The lowest BCUT2D eigenvalue weighted by molar-refractivity contribution is -0.122. The number of nitrogens with zero attached hydrogens (tertiary/aromatic N) is 2. The maximum absolute atomic E-state index is 12.6. The van der Waals surface area contributed by atoms with Crippen LogP contribution in [0.3, 0.4) is 0 Å². The van der Waals surface area contributed by atoms with Crippen LogP contribution in [0.4, 0.5) is 0 Å². The number of aromatic nitrogens is 2. The van der Waals surface area contributed by atoms with Crippen LogP contribution in [0.5, 0.6) is 0 Å². The smallest absolute Gasteiger partial charge is 0.261 e. The molecule has 5 nitrogen and oxygen atoms in total. The number of benzene rings is 2. The zero-order chi connectivity index (χ0) is 18.0. The highest BCUT2D eigenvalue weighted by Crippen LogP contribution is 2.17. The Bertz CT molecular complexity index is 997. The summed E-state index contributed by atoms with van der Waals surface area (Å²) in [6.07, 6.45) is 1.43. The summed E-state index contributed by atoms with van der Waals surface area (Å²) in [5, 5.41) is 3.43. The molecule has 0 aliphatic heterocycles. The van der Waals surface area contributed by atoms with Gasteiger partial charge in [0.25, 0.3) is 5.56 Å². The lowest BCUT2D eigenvalue weighted by atomic mass is 10.1. The lowest BCUT2D eigenvalue weighted by Gasteiger charge is -2.15. The van der Waals surface area contributed by atoms with Crippen LogP contribution in [0.1, 0.15) is 24.1 Å². The number of hydrogen-bond donors (Lipinski definition) is 1. The summed E-state index contributed by atoms with van der Waals surface area (Å²) in [6, 6.07) is 13.1. The molecule has 0 radical (unpaired) electrons. The molecule has 6 heteroatoms. The third kappa shape index (κ3) is 3.79. The second kappa shape index (κ2) is 7.19. The first-order valence-electron chi connectivity index (χ1n) is 7.95. The van der Waals surface area contributed by atoms with Gasteiger partial charge in [-0.25, -0.2) is 4.98 Å². The second-order valence-electron chi connectivity index (χ2n) is 5.99. The molecule has 0 aliphatic rings. The van der Waals surface area contributed by atoms with Crippen molar-refractivity contribution in [1.82, 2.24) is 14.9 Å². The van der Waals surface area contributed by atoms with E-state index in [-0.39, 0.29) is 24.1 Å². The van der Waals surface area contributed by atoms with Crippen LogP contribution < -0.4 is 10.9 Å². The Morgan fingerprint density at radius 2 is 2.04 bits per heavy atom. The van der Waals surface area contributed by atoms with Gasteiger partial charge in [0.2, 0.25) is 5.91 Å². The van der Waals surface area contributed by atoms with E-state index in [0.29, 0.717) is 10.9 Å². The van der Waals surface area contributed by atoms with Crippen LogP contribution in [0, 0.1) is 6.92 Å². The molecule has 0 bridgehead atoms. The number of aryl methyl sites for hydroxylation is 1. The van der Waals surface area contributed by atoms with Crippen molar-refractivity contribution in [2.75, 3.05) is 0 Å². The highest BCUT2D eigenvalue weighted by atomic mass is 79.9. The van der Waals surface area contributed by atoms with E-state index in [4.69, 9.17) is 0 Å². The van der Waals surface area contributed by atoms with Crippen molar-refractivity contribution in [2.24, 2.45) is 0 Å². The van der Waals surface area contributed by atoms with Gasteiger partial charge in [-0.15, -0.1) is 0 Å². The largest absolute Gasteiger partial charge is 0.348 e. The minimum Gasteiger partial charge on any atom is -0.348 e. The average Bonchev–Trinajstić information content (AvgIpc) is 2.58. The summed E-state index contributed by atoms with van der Waals surface area (Å²) < 4.78 is 2.29. The number of fused-ring (bicyclic) bond motifs is 1. The fraction of sp³-hybridized carbons (Fsp3) is 0.211. The molecular weight excluding hydrogens is 382 g/mol. The number of carbonyl (C=O) groups is 1. The molecule has 128 valence electrons. The molecule has 1 aromatic heterocycles. The summed E-state index contributed by atoms with van der Waals surface area (Å²) in [5.74, 6) is -0.233. The summed E-state index contributed by atoms with van der Waals surface area (Å²) in [5.41, 5.74) is 2.39. The van der Waals surface area contributed by atoms with Gasteiger partial charge in [-0.3, -0.25) is 14.2 Å². The van der Waals surface area contributed by atoms with Gasteiger partial charge in [0, 0.05) is 4.47 Å². The standard InChI is InChI=1S/C19H18BrN3O2/c1-12-5-3-8-16-18(12)21-11-23(19(16)25)10-17(24)22-13(2)14-6-4-7-15(20)9-14/h3-9,11,13H,10H2,1-2H3,(H,22,24). The zero-order valence-corrected chi connectivity index (χ0v) is 15.6. The van der Waals surface area contributed by atoms with Crippen LogP contribution in [0.2, 0.25) is 0 Å². The first kappa shape index (κ1) is 17.4. The Morgan fingerprint density at radius 3 is 2.80 bits per heavy atom. The van der Waals surface area contributed by atoms with Crippen LogP contribution in [-0.4, -0.2) is 15.5 Å². The van der Waals surface area contributed by atoms with Crippen molar-refractivity contribution < 1.29 is 4.79 Å². The third-order valence-electron chi connectivity index (χ3n) is 4.10. The molecule has 2 aromatic carbocycles. The second-order valence-corrected chi connectivity index (χ2v) is 6.91. The predicted octanol–water partition coefficient (Wildman–Crippen LogP) is 3.34. The topological polar surface area (TPSA) is 64.0 Å². The van der Waals surface area contributed by atoms with E-state index in [1.165, 1.54) is 10.9 Å². The first-order valence-corrected chi connectivity index (χ1v) is 8.74. The molecule has 1 atom stereocenters. The van der Waals surface area contributed by atoms with Gasteiger partial charge < -0.3 is 5.32 Å². The minimum atomic E-state index is -0.233. The van der Waals surface area contributed by atoms with Crippen LogP contribution in [-0.2, 0) is 11.3 Å². The van der Waals surface area contributed by atoms with Gasteiger partial charge in [0.15, 0.2) is 0 Å². The maximum atomic E-state index is 12.6. The number of amides is 1. The van der Waals surface area contributed by atoms with Crippen molar-refractivity contribution in [3.63, 3.8) is 0 Å². The van der Waals surface area contributed by atoms with E-state index < -0.39 is 0 Å². The van der Waals surface area contributed by atoms with Gasteiger partial charge in [-0.1, -0.05) is 40.2 Å². The number of para-hydroxylation sites is 1. The molecule has 1 unspecified atom stereocenters. The molecule has 0 aliphatic carbocycles. The number of rotatable bonds is 4. The van der Waals surface area contributed by atoms with Crippen LogP contribution >= 0.6 is 15.9 Å². The van der Waals surface area contributed by atoms with E-state index in [1.54, 1.807) is 6.07 Å². The first-order chi connectivity index (χ1) is 12.0. The van der Waals surface area contributed by atoms with E-state index in [1.807, 2.05) is 50.2 Å². The monoisotopic (exact) mass is 399 g/mol. The SMILES string of the molecule is Cc1cccc2c(=O)n(CC(=O)NC(C)c3cccc(Br)c3)cnc12. The Kier molecular flexibility index (Phi) is 4.99. The Morgan fingerprint density at radius 1 is 1.28 bits per heavy atom. The maximum Gasteiger partial charge on any atom is 0.261 e. The highest BCUT2D eigenvalue weighted by molar-refractivity contribution is 9.10. The lowest BCUT2D eigenvalue weighted by Crippen LogP contribution is -2.34. The van der Waals surface area contributed by atoms with Gasteiger partial charge in [0.1, 0.15) is 6.54 Å². The Balaban J connectivity index is 1.78. The van der Waals surface area contributed by atoms with Gasteiger partial charge in [0.05, 0.1) is 23.3 Å². The zero-order valence-electron chi connectivity index (χ0n) is 14.0. The Hall–Kier alpha value is -2.47. The van der Waals surface area contributed by atoms with E-state index in [2.05, 4.69) is 26.2 Å². The molecule has 0 fully saturated rings. The fourth-order valence-electron chi connectivity index (χ4n) is 2.75. The summed E-state index contributed by atoms with van der Waals surface area (Å²) in [4.78, 5) is 29.2. The van der Waals surface area contributed by atoms with Crippen LogP contribution in [0.15, 0.2) is 58.1 Å². The molecule has 1 amide bonds. The third-order valence-corrected chi connectivity index (χ3v) is 4.59. The fourth-order valence-corrected chi connectivity index (χ4v) is 3.17. The quantitative estimate of drug-likeness (QED) is 0.731. The summed E-state index contributed by atoms with van der Waals surface area (Å²) in [6.45, 7) is 3.75. The summed E-state index contributed by atoms with van der Waals surface area (Å²) in [7, 11) is 0. The minimum absolute atomic E-state index is 0.0614. The van der Waals surface area contributed by atoms with Crippen molar-refractivity contribution in [2.45, 2.75) is 26.4 Å². The molecule has 25 heavy (non-hydrogen) atoms. The van der Waals surface area contributed by atoms with Gasteiger partial charge in [-0.2, -0.15) is 0 Å². The average molecular weight is 400 g/mol. The normalized spacial score (nSPS) is 12.1. The number of halogens is 1. The molecule has 3 rings (SSSR count). The van der Waals surface area contributed by atoms with E-state index in [0.717, 1.165) is 15.6 Å².